The molecule has 0 atom stereocenters. The van der Waals surface area contributed by atoms with Crippen LogP contribution in [0.25, 0.3) is 0 Å². The zero-order valence-corrected chi connectivity index (χ0v) is 9.84. The molecule has 1 aromatic rings. The van der Waals surface area contributed by atoms with Crippen LogP contribution < -0.4 is 4.72 Å². The third-order valence-corrected chi connectivity index (χ3v) is 4.61. The average Bonchev–Trinajstić information content (AvgIpc) is 2.67. The molecular weight excluding hydrogens is 254 g/mol. The van der Waals surface area contributed by atoms with Crippen LogP contribution in [0.15, 0.2) is 15.7 Å². The number of sulfonamides is 1. The number of aliphatic hydroxyl groups is 1. The van der Waals surface area contributed by atoms with E-state index < -0.39 is 16.0 Å². The second-order valence-electron chi connectivity index (χ2n) is 2.93. The van der Waals surface area contributed by atoms with E-state index in [2.05, 4.69) is 4.72 Å². The molecule has 0 aromatic carbocycles. The smallest absolute Gasteiger partial charge is 0.336 e. The molecular formula is C8H11NO5S2. The number of thiophene rings is 1. The fourth-order valence-electron chi connectivity index (χ4n) is 0.926. The third kappa shape index (κ3) is 3.27. The number of carbonyl (C=O) groups is 1. The third-order valence-electron chi connectivity index (χ3n) is 1.71. The maximum absolute atomic E-state index is 11.6. The van der Waals surface area contributed by atoms with Crippen LogP contribution in [0, 0.1) is 0 Å². The molecule has 0 spiro atoms. The highest BCUT2D eigenvalue weighted by atomic mass is 32.2. The lowest BCUT2D eigenvalue weighted by Gasteiger charge is -2.02. The molecule has 0 aliphatic carbocycles. The maximum Gasteiger partial charge on any atom is 0.336 e. The van der Waals surface area contributed by atoms with Gasteiger partial charge in [0.2, 0.25) is 10.0 Å². The van der Waals surface area contributed by atoms with Crippen LogP contribution in [0.1, 0.15) is 16.8 Å². The molecule has 0 aliphatic rings. The highest BCUT2D eigenvalue weighted by molar-refractivity contribution is 7.91. The fourth-order valence-corrected chi connectivity index (χ4v) is 3.20. The van der Waals surface area contributed by atoms with Crippen LogP contribution in [0.2, 0.25) is 0 Å². The summed E-state index contributed by atoms with van der Waals surface area (Å²) in [4.78, 5) is 10.6. The molecule has 90 valence electrons. The number of carboxylic acid groups (broad SMARTS) is 1. The average molecular weight is 265 g/mol. The van der Waals surface area contributed by atoms with E-state index >= 15 is 0 Å². The summed E-state index contributed by atoms with van der Waals surface area (Å²) in [7, 11) is -3.65. The first-order valence-corrected chi connectivity index (χ1v) is 6.76. The van der Waals surface area contributed by atoms with E-state index in [4.69, 9.17) is 10.2 Å². The lowest BCUT2D eigenvalue weighted by molar-refractivity contribution is 0.0697. The molecule has 0 fully saturated rings. The zero-order valence-electron chi connectivity index (χ0n) is 8.21. The van der Waals surface area contributed by atoms with Crippen molar-refractivity contribution in [1.82, 2.24) is 4.72 Å². The minimum Gasteiger partial charge on any atom is -0.478 e. The first-order valence-electron chi connectivity index (χ1n) is 4.39. The number of hydrogen-bond acceptors (Lipinski definition) is 5. The molecule has 0 amide bonds. The monoisotopic (exact) mass is 265 g/mol. The van der Waals surface area contributed by atoms with Crippen molar-refractivity contribution < 1.29 is 23.4 Å². The summed E-state index contributed by atoms with van der Waals surface area (Å²) >= 11 is 0.849. The molecule has 3 N–H and O–H groups in total. The van der Waals surface area contributed by atoms with Gasteiger partial charge in [0, 0.05) is 18.5 Å². The van der Waals surface area contributed by atoms with Crippen LogP contribution in [0.4, 0.5) is 0 Å². The molecule has 1 heterocycles. The van der Waals surface area contributed by atoms with Crippen molar-refractivity contribution in [2.45, 2.75) is 10.6 Å². The van der Waals surface area contributed by atoms with Gasteiger partial charge in [-0.05, 0) is 12.5 Å². The Hall–Kier alpha value is -0.960. The molecule has 0 bridgehead atoms. The Bertz CT molecular complexity index is 465. The quantitative estimate of drug-likeness (QED) is 0.633. The molecule has 1 rings (SSSR count). The van der Waals surface area contributed by atoms with Gasteiger partial charge < -0.3 is 10.2 Å². The van der Waals surface area contributed by atoms with Crippen molar-refractivity contribution in [1.29, 1.82) is 0 Å². The van der Waals surface area contributed by atoms with E-state index in [9.17, 15) is 13.2 Å². The largest absolute Gasteiger partial charge is 0.478 e. The molecule has 8 heteroatoms. The van der Waals surface area contributed by atoms with Gasteiger partial charge in [0.15, 0.2) is 0 Å². The minimum absolute atomic E-state index is 0.0390. The van der Waals surface area contributed by atoms with Crippen molar-refractivity contribution in [2.75, 3.05) is 13.2 Å². The Labute approximate surface area is 96.6 Å². The molecule has 0 saturated heterocycles. The normalized spacial score (nSPS) is 11.6. The first kappa shape index (κ1) is 13.1. The lowest BCUT2D eigenvalue weighted by Crippen LogP contribution is -2.24. The van der Waals surface area contributed by atoms with Crippen molar-refractivity contribution >= 4 is 27.3 Å². The van der Waals surface area contributed by atoms with Crippen molar-refractivity contribution in [2.24, 2.45) is 0 Å². The SMILES string of the molecule is O=C(O)c1csc(S(=O)(=O)NCCCO)c1. The summed E-state index contributed by atoms with van der Waals surface area (Å²) in [6.45, 7) is 0.0203. The van der Waals surface area contributed by atoms with Crippen LogP contribution in [-0.2, 0) is 10.0 Å². The number of nitrogens with one attached hydrogen (secondary N) is 1. The van der Waals surface area contributed by atoms with Gasteiger partial charge in [-0.2, -0.15) is 0 Å². The molecule has 0 radical (unpaired) electrons. The van der Waals surface area contributed by atoms with Gasteiger partial charge in [-0.3, -0.25) is 0 Å². The summed E-state index contributed by atoms with van der Waals surface area (Å²) in [5.41, 5.74) is -0.0486. The van der Waals surface area contributed by atoms with Crippen LogP contribution in [0.3, 0.4) is 0 Å². The van der Waals surface area contributed by atoms with Gasteiger partial charge in [-0.25, -0.2) is 17.9 Å². The van der Waals surface area contributed by atoms with Gasteiger partial charge >= 0.3 is 5.97 Å². The maximum atomic E-state index is 11.6. The number of hydrogen-bond donors (Lipinski definition) is 3. The fraction of sp³-hybridized carbons (Fsp3) is 0.375. The molecule has 0 aliphatic heterocycles. The molecule has 1 aromatic heterocycles. The zero-order chi connectivity index (χ0) is 12.2. The van der Waals surface area contributed by atoms with Crippen LogP contribution >= 0.6 is 11.3 Å². The van der Waals surface area contributed by atoms with Crippen molar-refractivity contribution in [3.05, 3.63) is 17.0 Å². The van der Waals surface area contributed by atoms with Crippen LogP contribution in [-0.4, -0.2) is 37.8 Å². The Balaban J connectivity index is 2.78. The summed E-state index contributed by atoms with van der Waals surface area (Å²) in [5, 5.41) is 18.4. The summed E-state index contributed by atoms with van der Waals surface area (Å²) in [6, 6.07) is 1.11. The summed E-state index contributed by atoms with van der Waals surface area (Å²) < 4.78 is 25.4. The molecule has 0 unspecified atom stereocenters. The second kappa shape index (κ2) is 5.39. The molecule has 16 heavy (non-hydrogen) atoms. The van der Waals surface area contributed by atoms with Gasteiger partial charge in [-0.15, -0.1) is 11.3 Å². The number of aromatic carboxylic acids is 1. The highest BCUT2D eigenvalue weighted by Gasteiger charge is 2.17. The van der Waals surface area contributed by atoms with Crippen molar-refractivity contribution in [3.63, 3.8) is 0 Å². The van der Waals surface area contributed by atoms with Crippen LogP contribution in [0.5, 0.6) is 0 Å². The summed E-state index contributed by atoms with van der Waals surface area (Å²) in [6.07, 6.45) is 0.316. The Morgan fingerprint density at radius 2 is 2.19 bits per heavy atom. The second-order valence-corrected chi connectivity index (χ2v) is 5.84. The van der Waals surface area contributed by atoms with E-state index in [0.717, 1.165) is 17.4 Å². The number of carboxylic acids is 1. The highest BCUT2D eigenvalue weighted by Crippen LogP contribution is 2.19. The van der Waals surface area contributed by atoms with E-state index in [1.807, 2.05) is 0 Å². The first-order chi connectivity index (χ1) is 7.47. The van der Waals surface area contributed by atoms with E-state index in [1.165, 1.54) is 5.38 Å². The van der Waals surface area contributed by atoms with Gasteiger partial charge in [0.05, 0.1) is 5.56 Å². The lowest BCUT2D eigenvalue weighted by atomic mass is 10.4. The van der Waals surface area contributed by atoms with E-state index in [-0.39, 0.29) is 22.9 Å². The molecule has 6 nitrogen and oxygen atoms in total. The Morgan fingerprint density at radius 1 is 1.50 bits per heavy atom. The van der Waals surface area contributed by atoms with Gasteiger partial charge in [-0.1, -0.05) is 0 Å². The number of aliphatic hydroxyl groups excluding tert-OH is 1. The van der Waals surface area contributed by atoms with Gasteiger partial charge in [0.25, 0.3) is 0 Å². The van der Waals surface area contributed by atoms with E-state index in [1.54, 1.807) is 0 Å². The Morgan fingerprint density at radius 3 is 2.69 bits per heavy atom. The standard InChI is InChI=1S/C8H11NO5S2/c10-3-1-2-9-16(13,14)7-4-6(5-15-7)8(11)12/h4-5,9-10H,1-3H2,(H,11,12). The van der Waals surface area contributed by atoms with Gasteiger partial charge in [0.1, 0.15) is 4.21 Å². The van der Waals surface area contributed by atoms with Crippen molar-refractivity contribution in [3.8, 4) is 0 Å². The Kier molecular flexibility index (Phi) is 4.42. The van der Waals surface area contributed by atoms with E-state index in [0.29, 0.717) is 6.42 Å². The minimum atomic E-state index is -3.65. The topological polar surface area (TPSA) is 104 Å². The predicted molar refractivity (Wildman–Crippen MR) is 58.2 cm³/mol. The predicted octanol–water partition coefficient (Wildman–Crippen LogP) is 0.107. The number of rotatable bonds is 6. The summed E-state index contributed by atoms with van der Waals surface area (Å²) in [5.74, 6) is -1.16. The molecule has 0 saturated carbocycles.